The summed E-state index contributed by atoms with van der Waals surface area (Å²) in [6.07, 6.45) is 6.76. The lowest BCUT2D eigenvalue weighted by molar-refractivity contribution is 0.148. The summed E-state index contributed by atoms with van der Waals surface area (Å²) >= 11 is 0. The Bertz CT molecular complexity index is 141. The third-order valence-corrected chi connectivity index (χ3v) is 3.52. The standard InChI is InChI=1S/C12H26N2/c1-4-5-7-11(2)14(3)12-8-6-9-13-10-12/h11-13H,4-10H2,1-3H3. The second kappa shape index (κ2) is 6.41. The number of likely N-dealkylation sites (N-methyl/N-ethyl adjacent to an activating group) is 1. The van der Waals surface area contributed by atoms with Crippen molar-refractivity contribution in [2.45, 2.75) is 58.0 Å². The van der Waals surface area contributed by atoms with Crippen LogP contribution in [0.4, 0.5) is 0 Å². The lowest BCUT2D eigenvalue weighted by atomic mass is 10.0. The fraction of sp³-hybridized carbons (Fsp3) is 1.00. The minimum atomic E-state index is 0.750. The third kappa shape index (κ3) is 3.58. The van der Waals surface area contributed by atoms with Gasteiger partial charge >= 0.3 is 0 Å². The van der Waals surface area contributed by atoms with Crippen LogP contribution < -0.4 is 5.32 Å². The summed E-state index contributed by atoms with van der Waals surface area (Å²) in [5.74, 6) is 0. The van der Waals surface area contributed by atoms with E-state index in [9.17, 15) is 0 Å². The summed E-state index contributed by atoms with van der Waals surface area (Å²) in [5.41, 5.74) is 0. The van der Waals surface area contributed by atoms with E-state index in [0.29, 0.717) is 0 Å². The van der Waals surface area contributed by atoms with Gasteiger partial charge in [0.1, 0.15) is 0 Å². The molecule has 2 heteroatoms. The maximum absolute atomic E-state index is 3.49. The molecule has 1 N–H and O–H groups in total. The molecule has 0 bridgehead atoms. The summed E-state index contributed by atoms with van der Waals surface area (Å²) in [4.78, 5) is 2.57. The van der Waals surface area contributed by atoms with Gasteiger partial charge < -0.3 is 5.32 Å². The predicted molar refractivity (Wildman–Crippen MR) is 62.6 cm³/mol. The molecule has 0 spiro atoms. The van der Waals surface area contributed by atoms with Crippen LogP contribution in [-0.2, 0) is 0 Å². The largest absolute Gasteiger partial charge is 0.315 e. The molecule has 0 aromatic heterocycles. The van der Waals surface area contributed by atoms with Gasteiger partial charge in [0.05, 0.1) is 0 Å². The Hall–Kier alpha value is -0.0800. The first-order valence-electron chi connectivity index (χ1n) is 6.18. The van der Waals surface area contributed by atoms with Gasteiger partial charge in [0.2, 0.25) is 0 Å². The molecule has 0 amide bonds. The minimum absolute atomic E-state index is 0.750. The molecule has 1 saturated heterocycles. The van der Waals surface area contributed by atoms with Gasteiger partial charge in [-0.05, 0) is 39.8 Å². The zero-order valence-electron chi connectivity index (χ0n) is 10.1. The van der Waals surface area contributed by atoms with Gasteiger partial charge in [0.15, 0.2) is 0 Å². The number of nitrogens with one attached hydrogen (secondary N) is 1. The van der Waals surface area contributed by atoms with E-state index in [0.717, 1.165) is 12.1 Å². The highest BCUT2D eigenvalue weighted by Crippen LogP contribution is 2.14. The van der Waals surface area contributed by atoms with Crippen LogP contribution in [-0.4, -0.2) is 37.1 Å². The summed E-state index contributed by atoms with van der Waals surface area (Å²) in [6.45, 7) is 7.04. The Morgan fingerprint density at radius 3 is 2.86 bits per heavy atom. The van der Waals surface area contributed by atoms with E-state index in [1.165, 1.54) is 45.2 Å². The number of hydrogen-bond acceptors (Lipinski definition) is 2. The molecule has 2 nitrogen and oxygen atoms in total. The summed E-state index contributed by atoms with van der Waals surface area (Å²) in [5, 5.41) is 3.49. The zero-order chi connectivity index (χ0) is 10.4. The van der Waals surface area contributed by atoms with E-state index >= 15 is 0 Å². The molecule has 1 aliphatic rings. The molecule has 1 aliphatic heterocycles. The number of nitrogens with zero attached hydrogens (tertiary/aromatic N) is 1. The first-order chi connectivity index (χ1) is 6.75. The van der Waals surface area contributed by atoms with Gasteiger partial charge in [-0.3, -0.25) is 4.90 Å². The van der Waals surface area contributed by atoms with Crippen molar-refractivity contribution in [2.75, 3.05) is 20.1 Å². The number of piperidine rings is 1. The lowest BCUT2D eigenvalue weighted by Crippen LogP contribution is -2.47. The lowest BCUT2D eigenvalue weighted by Gasteiger charge is -2.36. The number of unbranched alkanes of at least 4 members (excludes halogenated alkanes) is 1. The number of hydrogen-bond donors (Lipinski definition) is 1. The van der Waals surface area contributed by atoms with Crippen molar-refractivity contribution in [1.29, 1.82) is 0 Å². The molecule has 84 valence electrons. The first-order valence-corrected chi connectivity index (χ1v) is 6.18. The van der Waals surface area contributed by atoms with Crippen molar-refractivity contribution in [3.8, 4) is 0 Å². The molecule has 0 aromatic carbocycles. The van der Waals surface area contributed by atoms with Crippen LogP contribution in [0.2, 0.25) is 0 Å². The molecule has 1 rings (SSSR count). The van der Waals surface area contributed by atoms with Crippen LogP contribution in [0.15, 0.2) is 0 Å². The van der Waals surface area contributed by atoms with E-state index in [1.54, 1.807) is 0 Å². The van der Waals surface area contributed by atoms with Crippen molar-refractivity contribution < 1.29 is 0 Å². The van der Waals surface area contributed by atoms with Gasteiger partial charge in [-0.1, -0.05) is 19.8 Å². The van der Waals surface area contributed by atoms with E-state index < -0.39 is 0 Å². The van der Waals surface area contributed by atoms with Crippen molar-refractivity contribution in [1.82, 2.24) is 10.2 Å². The molecular formula is C12H26N2. The minimum Gasteiger partial charge on any atom is -0.315 e. The molecule has 0 aromatic rings. The van der Waals surface area contributed by atoms with Gasteiger partial charge in [-0.25, -0.2) is 0 Å². The van der Waals surface area contributed by atoms with Crippen molar-refractivity contribution in [3.63, 3.8) is 0 Å². The fourth-order valence-electron chi connectivity index (χ4n) is 2.24. The molecule has 0 aliphatic carbocycles. The van der Waals surface area contributed by atoms with Crippen LogP contribution in [0.25, 0.3) is 0 Å². The van der Waals surface area contributed by atoms with Gasteiger partial charge in [-0.15, -0.1) is 0 Å². The molecular weight excluding hydrogens is 172 g/mol. The average Bonchev–Trinajstić information content (AvgIpc) is 2.26. The Kier molecular flexibility index (Phi) is 5.49. The summed E-state index contributed by atoms with van der Waals surface area (Å²) in [6, 6.07) is 1.52. The van der Waals surface area contributed by atoms with Crippen molar-refractivity contribution >= 4 is 0 Å². The maximum Gasteiger partial charge on any atom is 0.0220 e. The Labute approximate surface area is 89.1 Å². The second-order valence-electron chi connectivity index (χ2n) is 4.66. The predicted octanol–water partition coefficient (Wildman–Crippen LogP) is 2.25. The van der Waals surface area contributed by atoms with Crippen molar-refractivity contribution in [3.05, 3.63) is 0 Å². The molecule has 1 fully saturated rings. The topological polar surface area (TPSA) is 15.3 Å². The highest BCUT2D eigenvalue weighted by Gasteiger charge is 2.20. The summed E-state index contributed by atoms with van der Waals surface area (Å²) < 4.78 is 0. The second-order valence-corrected chi connectivity index (χ2v) is 4.66. The SMILES string of the molecule is CCCCC(C)N(C)C1CCCNC1. The quantitative estimate of drug-likeness (QED) is 0.729. The molecule has 14 heavy (non-hydrogen) atoms. The zero-order valence-corrected chi connectivity index (χ0v) is 10.1. The van der Waals surface area contributed by atoms with E-state index in [1.807, 2.05) is 0 Å². The van der Waals surface area contributed by atoms with Crippen LogP contribution in [0.3, 0.4) is 0 Å². The Morgan fingerprint density at radius 2 is 2.29 bits per heavy atom. The summed E-state index contributed by atoms with van der Waals surface area (Å²) in [7, 11) is 2.29. The van der Waals surface area contributed by atoms with Gasteiger partial charge in [0.25, 0.3) is 0 Å². The van der Waals surface area contributed by atoms with E-state index in [4.69, 9.17) is 0 Å². The highest BCUT2D eigenvalue weighted by atomic mass is 15.2. The normalized spacial score (nSPS) is 25.3. The van der Waals surface area contributed by atoms with Crippen LogP contribution in [0.1, 0.15) is 46.0 Å². The molecule has 0 saturated carbocycles. The Balaban J connectivity index is 2.26. The monoisotopic (exact) mass is 198 g/mol. The van der Waals surface area contributed by atoms with Crippen LogP contribution in [0, 0.1) is 0 Å². The third-order valence-electron chi connectivity index (χ3n) is 3.52. The first kappa shape index (κ1) is 12.0. The fourth-order valence-corrected chi connectivity index (χ4v) is 2.24. The maximum atomic E-state index is 3.49. The number of rotatable bonds is 5. The van der Waals surface area contributed by atoms with Gasteiger partial charge in [-0.2, -0.15) is 0 Å². The van der Waals surface area contributed by atoms with E-state index in [-0.39, 0.29) is 0 Å². The van der Waals surface area contributed by atoms with Crippen molar-refractivity contribution in [2.24, 2.45) is 0 Å². The van der Waals surface area contributed by atoms with Crippen LogP contribution in [0.5, 0.6) is 0 Å². The highest BCUT2D eigenvalue weighted by molar-refractivity contribution is 4.79. The molecule has 0 radical (unpaired) electrons. The molecule has 1 heterocycles. The van der Waals surface area contributed by atoms with Crippen LogP contribution >= 0.6 is 0 Å². The smallest absolute Gasteiger partial charge is 0.0220 e. The van der Waals surface area contributed by atoms with E-state index in [2.05, 4.69) is 31.1 Å². The molecule has 2 unspecified atom stereocenters. The van der Waals surface area contributed by atoms with Gasteiger partial charge in [0, 0.05) is 18.6 Å². The molecule has 2 atom stereocenters. The Morgan fingerprint density at radius 1 is 1.50 bits per heavy atom. The average molecular weight is 198 g/mol.